The molecule has 16 heavy (non-hydrogen) atoms. The fourth-order valence-corrected chi connectivity index (χ4v) is 2.09. The van der Waals surface area contributed by atoms with Crippen molar-refractivity contribution in [2.45, 2.75) is 26.4 Å². The number of carbonyl (C=O) groups excluding carboxylic acids is 1. The fourth-order valence-electron chi connectivity index (χ4n) is 2.09. The van der Waals surface area contributed by atoms with Crippen LogP contribution in [0, 0.1) is 0 Å². The molecule has 0 saturated heterocycles. The summed E-state index contributed by atoms with van der Waals surface area (Å²) in [6.07, 6.45) is -0.585. The van der Waals surface area contributed by atoms with Crippen LogP contribution < -0.4 is 0 Å². The topological polar surface area (TPSA) is 57.5 Å². The van der Waals surface area contributed by atoms with Gasteiger partial charge in [-0.25, -0.2) is 0 Å². The monoisotopic (exact) mass is 218 g/mol. The summed E-state index contributed by atoms with van der Waals surface area (Å²) < 4.78 is 0. The Morgan fingerprint density at radius 1 is 1.38 bits per heavy atom. The van der Waals surface area contributed by atoms with E-state index in [4.69, 9.17) is 0 Å². The summed E-state index contributed by atoms with van der Waals surface area (Å²) in [6.45, 7) is 3.75. The van der Waals surface area contributed by atoms with Gasteiger partial charge in [0.05, 0.1) is 5.56 Å². The number of phenolic OH excluding ortho intramolecular Hbond substituents is 1. The fraction of sp³-hybridized carbons (Fsp3) is 0.308. The number of hydrogen-bond acceptors (Lipinski definition) is 3. The molecule has 0 spiro atoms. The smallest absolute Gasteiger partial charge is 0.171 e. The van der Waals surface area contributed by atoms with Crippen LogP contribution in [-0.2, 0) is 0 Å². The number of aromatic hydroxyl groups is 1. The molecule has 0 heterocycles. The summed E-state index contributed by atoms with van der Waals surface area (Å²) >= 11 is 0. The number of fused-ring (bicyclic) bond motifs is 1. The van der Waals surface area contributed by atoms with Crippen molar-refractivity contribution in [2.24, 2.45) is 0 Å². The Bertz CT molecular complexity index is 482. The lowest BCUT2D eigenvalue weighted by molar-refractivity contribution is 0.0953. The SMILES string of the molecule is CC(C)=C1CC(=O)c2c(O)cccc2C1O. The standard InChI is InChI=1S/C13H14O3/c1-7(2)9-6-11(15)12-8(13(9)16)4-3-5-10(12)14/h3-5,13-14,16H,6H2,1-2H3. The molecule has 1 aromatic rings. The molecular weight excluding hydrogens is 204 g/mol. The number of ketones is 1. The van der Waals surface area contributed by atoms with Gasteiger partial charge >= 0.3 is 0 Å². The van der Waals surface area contributed by atoms with Gasteiger partial charge in [0.25, 0.3) is 0 Å². The Balaban J connectivity index is 2.65. The van der Waals surface area contributed by atoms with Gasteiger partial charge in [0.15, 0.2) is 5.78 Å². The molecular formula is C13H14O3. The number of hydrogen-bond donors (Lipinski definition) is 2. The highest BCUT2D eigenvalue weighted by atomic mass is 16.3. The second kappa shape index (κ2) is 3.76. The summed E-state index contributed by atoms with van der Waals surface area (Å²) in [7, 11) is 0. The van der Waals surface area contributed by atoms with E-state index in [0.29, 0.717) is 5.56 Å². The van der Waals surface area contributed by atoms with Gasteiger partial charge in [0.1, 0.15) is 11.9 Å². The van der Waals surface area contributed by atoms with Crippen molar-refractivity contribution in [1.82, 2.24) is 0 Å². The highest BCUT2D eigenvalue weighted by Gasteiger charge is 2.30. The van der Waals surface area contributed by atoms with Crippen molar-refractivity contribution in [3.8, 4) is 5.75 Å². The molecule has 2 rings (SSSR count). The second-order valence-electron chi connectivity index (χ2n) is 4.27. The molecule has 1 unspecified atom stereocenters. The van der Waals surface area contributed by atoms with Gasteiger partial charge in [0, 0.05) is 6.42 Å². The summed E-state index contributed by atoms with van der Waals surface area (Å²) in [5, 5.41) is 19.7. The number of aliphatic hydroxyl groups is 1. The Labute approximate surface area is 94.0 Å². The first kappa shape index (κ1) is 10.9. The maximum Gasteiger partial charge on any atom is 0.171 e. The van der Waals surface area contributed by atoms with Crippen LogP contribution in [-0.4, -0.2) is 16.0 Å². The molecule has 3 nitrogen and oxygen atoms in total. The Hall–Kier alpha value is -1.61. The molecule has 1 aliphatic rings. The lowest BCUT2D eigenvalue weighted by Crippen LogP contribution is -2.19. The zero-order valence-electron chi connectivity index (χ0n) is 9.32. The molecule has 2 N–H and O–H groups in total. The van der Waals surface area contributed by atoms with Crippen LogP contribution >= 0.6 is 0 Å². The first-order chi connectivity index (χ1) is 7.52. The average molecular weight is 218 g/mol. The van der Waals surface area contributed by atoms with Crippen LogP contribution in [0.2, 0.25) is 0 Å². The highest BCUT2D eigenvalue weighted by Crippen LogP contribution is 2.38. The normalized spacial score (nSPS) is 19.6. The van der Waals surface area contributed by atoms with Crippen LogP contribution in [0.3, 0.4) is 0 Å². The quantitative estimate of drug-likeness (QED) is 0.657. The molecule has 84 valence electrons. The third-order valence-electron chi connectivity index (χ3n) is 2.97. The van der Waals surface area contributed by atoms with Gasteiger partial charge in [-0.3, -0.25) is 4.79 Å². The van der Waals surface area contributed by atoms with E-state index in [1.54, 1.807) is 12.1 Å². The zero-order chi connectivity index (χ0) is 11.9. The van der Waals surface area contributed by atoms with Crippen molar-refractivity contribution >= 4 is 5.78 Å². The average Bonchev–Trinajstić information content (AvgIpc) is 2.22. The molecule has 0 saturated carbocycles. The molecule has 0 amide bonds. The van der Waals surface area contributed by atoms with Crippen molar-refractivity contribution in [3.63, 3.8) is 0 Å². The molecule has 1 aromatic carbocycles. The molecule has 1 atom stereocenters. The van der Waals surface area contributed by atoms with Gasteiger partial charge in [0.2, 0.25) is 0 Å². The van der Waals surface area contributed by atoms with E-state index < -0.39 is 6.10 Å². The van der Waals surface area contributed by atoms with Crippen LogP contribution in [0.15, 0.2) is 29.3 Å². The Morgan fingerprint density at radius 3 is 2.69 bits per heavy atom. The number of phenols is 1. The van der Waals surface area contributed by atoms with E-state index in [9.17, 15) is 15.0 Å². The van der Waals surface area contributed by atoms with Crippen molar-refractivity contribution in [1.29, 1.82) is 0 Å². The summed E-state index contributed by atoms with van der Waals surface area (Å²) in [4.78, 5) is 11.9. The number of aliphatic hydroxyl groups excluding tert-OH is 1. The van der Waals surface area contributed by atoms with Crippen LogP contribution in [0.1, 0.15) is 42.3 Å². The van der Waals surface area contributed by atoms with Gasteiger partial charge in [-0.15, -0.1) is 0 Å². The largest absolute Gasteiger partial charge is 0.507 e. The molecule has 0 bridgehead atoms. The summed E-state index contributed by atoms with van der Waals surface area (Å²) in [6, 6.07) is 4.79. The van der Waals surface area contributed by atoms with E-state index in [0.717, 1.165) is 11.1 Å². The minimum Gasteiger partial charge on any atom is -0.507 e. The Kier molecular flexibility index (Phi) is 2.56. The van der Waals surface area contributed by atoms with E-state index in [2.05, 4.69) is 0 Å². The zero-order valence-corrected chi connectivity index (χ0v) is 9.32. The third-order valence-corrected chi connectivity index (χ3v) is 2.97. The molecule has 0 fully saturated rings. The minimum atomic E-state index is -0.773. The maximum atomic E-state index is 11.9. The van der Waals surface area contributed by atoms with Gasteiger partial charge in [-0.1, -0.05) is 17.7 Å². The number of benzene rings is 1. The van der Waals surface area contributed by atoms with E-state index >= 15 is 0 Å². The molecule has 3 heteroatoms. The number of allylic oxidation sites excluding steroid dienone is 1. The third kappa shape index (κ3) is 1.53. The summed E-state index contributed by atoms with van der Waals surface area (Å²) in [5.41, 5.74) is 2.46. The van der Waals surface area contributed by atoms with Gasteiger partial charge in [-0.2, -0.15) is 0 Å². The second-order valence-corrected chi connectivity index (χ2v) is 4.27. The van der Waals surface area contributed by atoms with Crippen molar-refractivity contribution < 1.29 is 15.0 Å². The van der Waals surface area contributed by atoms with Crippen molar-refractivity contribution in [3.05, 3.63) is 40.5 Å². The molecule has 0 aromatic heterocycles. The van der Waals surface area contributed by atoms with Crippen molar-refractivity contribution in [2.75, 3.05) is 0 Å². The van der Waals surface area contributed by atoms with E-state index in [1.165, 1.54) is 6.07 Å². The first-order valence-electron chi connectivity index (χ1n) is 5.21. The lowest BCUT2D eigenvalue weighted by atomic mass is 9.82. The number of rotatable bonds is 0. The van der Waals surface area contributed by atoms with Crippen LogP contribution in [0.4, 0.5) is 0 Å². The number of Topliss-reactive ketones (excluding diaryl/α,β-unsaturated/α-hetero) is 1. The lowest BCUT2D eigenvalue weighted by Gasteiger charge is -2.25. The van der Waals surface area contributed by atoms with Crippen LogP contribution in [0.5, 0.6) is 5.75 Å². The predicted molar refractivity (Wildman–Crippen MR) is 60.4 cm³/mol. The molecule has 1 aliphatic carbocycles. The van der Waals surface area contributed by atoms with Crippen LogP contribution in [0.25, 0.3) is 0 Å². The number of carbonyl (C=O) groups is 1. The summed E-state index contributed by atoms with van der Waals surface area (Å²) in [5.74, 6) is -0.177. The minimum absolute atomic E-state index is 0.0469. The predicted octanol–water partition coefficient (Wildman–Crippen LogP) is 2.35. The highest BCUT2D eigenvalue weighted by molar-refractivity contribution is 6.03. The van der Waals surface area contributed by atoms with Gasteiger partial charge < -0.3 is 10.2 Å². The van der Waals surface area contributed by atoms with E-state index in [-0.39, 0.29) is 23.5 Å². The Morgan fingerprint density at radius 2 is 2.06 bits per heavy atom. The first-order valence-corrected chi connectivity index (χ1v) is 5.21. The molecule has 0 radical (unpaired) electrons. The molecule has 0 aliphatic heterocycles. The maximum absolute atomic E-state index is 11.9. The van der Waals surface area contributed by atoms with E-state index in [1.807, 2.05) is 13.8 Å². The van der Waals surface area contributed by atoms with Gasteiger partial charge in [-0.05, 0) is 31.1 Å².